The van der Waals surface area contributed by atoms with Crippen LogP contribution in [0.15, 0.2) is 78.9 Å². The number of hydrogen-bond acceptors (Lipinski definition) is 1. The van der Waals surface area contributed by atoms with Crippen molar-refractivity contribution in [1.82, 2.24) is 0 Å². The largest absolute Gasteiger partial charge is 0.508 e. The van der Waals surface area contributed by atoms with Crippen LogP contribution in [0.2, 0.25) is 0 Å². The molecule has 1 N–H and O–H groups in total. The highest BCUT2D eigenvalue weighted by Crippen LogP contribution is 2.34. The lowest BCUT2D eigenvalue weighted by Gasteiger charge is -2.18. The fraction of sp³-hybridized carbons (Fsp3) is 0.182. The molecule has 0 bridgehead atoms. The van der Waals surface area contributed by atoms with E-state index in [4.69, 9.17) is 0 Å². The van der Waals surface area contributed by atoms with Gasteiger partial charge in [0.2, 0.25) is 0 Å². The summed E-state index contributed by atoms with van der Waals surface area (Å²) in [5, 5.41) is 10.3. The molecule has 23 heavy (non-hydrogen) atoms. The highest BCUT2D eigenvalue weighted by atomic mass is 16.3. The van der Waals surface area contributed by atoms with Gasteiger partial charge >= 0.3 is 0 Å². The summed E-state index contributed by atoms with van der Waals surface area (Å²) in [5.41, 5.74) is 4.71. The molecule has 116 valence electrons. The second kappa shape index (κ2) is 6.70. The summed E-state index contributed by atoms with van der Waals surface area (Å²) in [4.78, 5) is 0. The Bertz CT molecular complexity index is 762. The van der Waals surface area contributed by atoms with Crippen LogP contribution in [-0.4, -0.2) is 5.11 Å². The minimum atomic E-state index is 0.166. The van der Waals surface area contributed by atoms with Gasteiger partial charge in [0.25, 0.3) is 0 Å². The van der Waals surface area contributed by atoms with Crippen molar-refractivity contribution in [3.8, 4) is 5.75 Å². The zero-order valence-corrected chi connectivity index (χ0v) is 13.6. The molecule has 3 rings (SSSR count). The highest BCUT2D eigenvalue weighted by Gasteiger charge is 2.16. The monoisotopic (exact) mass is 302 g/mol. The first kappa shape index (κ1) is 15.4. The van der Waals surface area contributed by atoms with Crippen molar-refractivity contribution in [1.29, 1.82) is 0 Å². The predicted molar refractivity (Wildman–Crippen MR) is 96.0 cm³/mol. The fourth-order valence-electron chi connectivity index (χ4n) is 3.04. The molecule has 0 heterocycles. The summed E-state index contributed by atoms with van der Waals surface area (Å²) in [5.74, 6) is 0.836. The first-order valence-corrected chi connectivity index (χ1v) is 8.09. The molecule has 1 heteroatoms. The summed E-state index contributed by atoms with van der Waals surface area (Å²) in [7, 11) is 0. The molecule has 0 amide bonds. The van der Waals surface area contributed by atoms with E-state index in [-0.39, 0.29) is 5.92 Å². The standard InChI is InChI=1S/C22H22O/c1-16(18-9-5-3-6-10-18)20-13-14-22(23)21(15-20)17(2)19-11-7-4-8-12-19/h3-17,23H,1-2H3/t16-,17-/m1/s1. The number of benzene rings is 3. The molecule has 0 aromatic heterocycles. The second-order valence-corrected chi connectivity index (χ2v) is 6.08. The number of phenols is 1. The summed E-state index contributed by atoms with van der Waals surface area (Å²) in [6, 6.07) is 26.8. The Morgan fingerprint density at radius 2 is 1.13 bits per heavy atom. The molecular formula is C22H22O. The maximum Gasteiger partial charge on any atom is 0.119 e. The lowest BCUT2D eigenvalue weighted by Crippen LogP contribution is -2.01. The molecule has 0 saturated heterocycles. The van der Waals surface area contributed by atoms with Crippen molar-refractivity contribution in [3.05, 3.63) is 101 Å². The second-order valence-electron chi connectivity index (χ2n) is 6.08. The van der Waals surface area contributed by atoms with Crippen LogP contribution in [0, 0.1) is 0 Å². The van der Waals surface area contributed by atoms with E-state index in [0.717, 1.165) is 5.56 Å². The van der Waals surface area contributed by atoms with Crippen LogP contribution in [0.1, 0.15) is 47.9 Å². The Morgan fingerprint density at radius 3 is 1.70 bits per heavy atom. The van der Waals surface area contributed by atoms with Gasteiger partial charge < -0.3 is 5.11 Å². The van der Waals surface area contributed by atoms with E-state index in [1.54, 1.807) is 0 Å². The van der Waals surface area contributed by atoms with E-state index in [2.05, 4.69) is 56.3 Å². The summed E-state index contributed by atoms with van der Waals surface area (Å²) < 4.78 is 0. The van der Waals surface area contributed by atoms with Crippen LogP contribution in [-0.2, 0) is 0 Å². The fourth-order valence-corrected chi connectivity index (χ4v) is 3.04. The van der Waals surface area contributed by atoms with E-state index in [1.165, 1.54) is 16.7 Å². The molecule has 3 aromatic rings. The van der Waals surface area contributed by atoms with Gasteiger partial charge in [-0.05, 0) is 22.8 Å². The minimum Gasteiger partial charge on any atom is -0.508 e. The van der Waals surface area contributed by atoms with E-state index in [1.807, 2.05) is 36.4 Å². The van der Waals surface area contributed by atoms with Gasteiger partial charge in [0.1, 0.15) is 5.75 Å². The minimum absolute atomic E-state index is 0.166. The normalized spacial score (nSPS) is 13.5. The van der Waals surface area contributed by atoms with E-state index >= 15 is 0 Å². The van der Waals surface area contributed by atoms with Crippen molar-refractivity contribution in [2.24, 2.45) is 0 Å². The Hall–Kier alpha value is -2.54. The van der Waals surface area contributed by atoms with Crippen LogP contribution in [0.25, 0.3) is 0 Å². The summed E-state index contributed by atoms with van der Waals surface area (Å²) >= 11 is 0. The smallest absolute Gasteiger partial charge is 0.119 e. The van der Waals surface area contributed by atoms with Crippen molar-refractivity contribution in [2.45, 2.75) is 25.7 Å². The maximum atomic E-state index is 10.3. The molecule has 0 fully saturated rings. The van der Waals surface area contributed by atoms with Gasteiger partial charge in [-0.1, -0.05) is 86.6 Å². The molecule has 1 nitrogen and oxygen atoms in total. The van der Waals surface area contributed by atoms with E-state index < -0.39 is 0 Å². The quantitative estimate of drug-likeness (QED) is 0.656. The van der Waals surface area contributed by atoms with Crippen LogP contribution < -0.4 is 0 Å². The lowest BCUT2D eigenvalue weighted by molar-refractivity contribution is 0.465. The third kappa shape index (κ3) is 3.29. The average Bonchev–Trinajstić information content (AvgIpc) is 2.62. The molecule has 0 saturated carbocycles. The molecule has 0 spiro atoms. The van der Waals surface area contributed by atoms with Crippen molar-refractivity contribution >= 4 is 0 Å². The topological polar surface area (TPSA) is 20.2 Å². The van der Waals surface area contributed by atoms with Crippen LogP contribution in [0.3, 0.4) is 0 Å². The number of phenolic OH excluding ortho intramolecular Hbond substituents is 1. The predicted octanol–water partition coefficient (Wildman–Crippen LogP) is 5.70. The highest BCUT2D eigenvalue weighted by molar-refractivity contribution is 5.45. The number of rotatable bonds is 4. The zero-order chi connectivity index (χ0) is 16.2. The van der Waals surface area contributed by atoms with Crippen molar-refractivity contribution in [2.75, 3.05) is 0 Å². The lowest BCUT2D eigenvalue weighted by atomic mass is 9.87. The van der Waals surface area contributed by atoms with Gasteiger partial charge in [0.05, 0.1) is 0 Å². The van der Waals surface area contributed by atoms with Gasteiger partial charge in [-0.3, -0.25) is 0 Å². The zero-order valence-electron chi connectivity index (χ0n) is 13.6. The molecular weight excluding hydrogens is 280 g/mol. The van der Waals surface area contributed by atoms with Gasteiger partial charge in [0.15, 0.2) is 0 Å². The SMILES string of the molecule is C[C@H](c1ccccc1)c1ccc(O)c([C@H](C)c2ccccc2)c1. The van der Waals surface area contributed by atoms with Gasteiger partial charge in [-0.2, -0.15) is 0 Å². The molecule has 2 atom stereocenters. The Kier molecular flexibility index (Phi) is 4.47. The first-order chi connectivity index (χ1) is 11.2. The Labute approximate surface area is 138 Å². The molecule has 0 unspecified atom stereocenters. The average molecular weight is 302 g/mol. The van der Waals surface area contributed by atoms with Gasteiger partial charge in [-0.25, -0.2) is 0 Å². The Balaban J connectivity index is 1.96. The molecule has 0 aliphatic rings. The van der Waals surface area contributed by atoms with Crippen LogP contribution in [0.5, 0.6) is 5.75 Å². The van der Waals surface area contributed by atoms with E-state index in [0.29, 0.717) is 11.7 Å². The molecule has 0 radical (unpaired) electrons. The molecule has 0 aliphatic carbocycles. The Morgan fingerprint density at radius 1 is 0.609 bits per heavy atom. The van der Waals surface area contributed by atoms with Crippen LogP contribution in [0.4, 0.5) is 0 Å². The van der Waals surface area contributed by atoms with Crippen LogP contribution >= 0.6 is 0 Å². The molecule has 0 aliphatic heterocycles. The first-order valence-electron chi connectivity index (χ1n) is 8.09. The van der Waals surface area contributed by atoms with Gasteiger partial charge in [-0.15, -0.1) is 0 Å². The number of aromatic hydroxyl groups is 1. The van der Waals surface area contributed by atoms with Crippen molar-refractivity contribution < 1.29 is 5.11 Å². The molecule has 3 aromatic carbocycles. The number of hydrogen-bond donors (Lipinski definition) is 1. The van der Waals surface area contributed by atoms with Crippen molar-refractivity contribution in [3.63, 3.8) is 0 Å². The maximum absolute atomic E-state index is 10.3. The third-order valence-electron chi connectivity index (χ3n) is 4.62. The van der Waals surface area contributed by atoms with Gasteiger partial charge in [0, 0.05) is 17.4 Å². The summed E-state index contributed by atoms with van der Waals surface area (Å²) in [6.45, 7) is 4.35. The summed E-state index contributed by atoms with van der Waals surface area (Å²) in [6.07, 6.45) is 0. The third-order valence-corrected chi connectivity index (χ3v) is 4.62. The van der Waals surface area contributed by atoms with E-state index in [9.17, 15) is 5.11 Å².